The third-order valence-corrected chi connectivity index (χ3v) is 3.91. The first-order chi connectivity index (χ1) is 10.5. The molecule has 0 saturated heterocycles. The zero-order valence-electron chi connectivity index (χ0n) is 13.0. The lowest BCUT2D eigenvalue weighted by molar-refractivity contribution is -0.144. The summed E-state index contributed by atoms with van der Waals surface area (Å²) in [5, 5.41) is 0.601. The van der Waals surface area contributed by atoms with Gasteiger partial charge in [0, 0.05) is 5.02 Å². The minimum absolute atomic E-state index is 0.177. The van der Waals surface area contributed by atoms with E-state index in [2.05, 4.69) is 0 Å². The molecule has 2 aromatic carbocycles. The minimum Gasteiger partial charge on any atom is -0.497 e. The van der Waals surface area contributed by atoms with Gasteiger partial charge in [-0.25, -0.2) is 0 Å². The van der Waals surface area contributed by atoms with Crippen LogP contribution in [0.1, 0.15) is 22.3 Å². The summed E-state index contributed by atoms with van der Waals surface area (Å²) < 4.78 is 10.4. The lowest BCUT2D eigenvalue weighted by atomic mass is 10.0. The molecule has 2 rings (SSSR count). The van der Waals surface area contributed by atoms with E-state index >= 15 is 0 Å². The first-order valence-corrected chi connectivity index (χ1v) is 7.41. The third kappa shape index (κ3) is 4.25. The lowest BCUT2D eigenvalue weighted by Gasteiger charge is -2.09. The number of ether oxygens (including phenoxy) is 2. The van der Waals surface area contributed by atoms with Gasteiger partial charge in [-0.15, -0.1) is 0 Å². The van der Waals surface area contributed by atoms with Crippen molar-refractivity contribution in [3.63, 3.8) is 0 Å². The molecule has 2 aromatic rings. The summed E-state index contributed by atoms with van der Waals surface area (Å²) >= 11 is 6.17. The Balaban J connectivity index is 1.94. The number of hydrogen-bond donors (Lipinski definition) is 0. The SMILES string of the molecule is COc1ccc(COC(=O)Cc2cc(C)c(C)cc2Cl)cc1. The molecule has 0 radical (unpaired) electrons. The Kier molecular flexibility index (Phi) is 5.45. The molecule has 0 unspecified atom stereocenters. The van der Waals surface area contributed by atoms with Crippen molar-refractivity contribution in [3.05, 3.63) is 63.7 Å². The fourth-order valence-electron chi connectivity index (χ4n) is 2.07. The van der Waals surface area contributed by atoms with Crippen molar-refractivity contribution in [2.75, 3.05) is 7.11 Å². The van der Waals surface area contributed by atoms with Gasteiger partial charge in [0.15, 0.2) is 0 Å². The molecule has 0 saturated carbocycles. The van der Waals surface area contributed by atoms with Crippen molar-refractivity contribution in [2.24, 2.45) is 0 Å². The second kappa shape index (κ2) is 7.32. The van der Waals surface area contributed by atoms with E-state index < -0.39 is 0 Å². The Morgan fingerprint density at radius 3 is 2.36 bits per heavy atom. The Hall–Kier alpha value is -2.00. The van der Waals surface area contributed by atoms with Crippen LogP contribution in [0, 0.1) is 13.8 Å². The van der Waals surface area contributed by atoms with Gasteiger partial charge in [-0.2, -0.15) is 0 Å². The van der Waals surface area contributed by atoms with Crippen LogP contribution in [0.4, 0.5) is 0 Å². The van der Waals surface area contributed by atoms with Gasteiger partial charge in [-0.1, -0.05) is 29.8 Å². The zero-order valence-corrected chi connectivity index (χ0v) is 13.7. The van der Waals surface area contributed by atoms with E-state index in [1.807, 2.05) is 50.2 Å². The average Bonchev–Trinajstić information content (AvgIpc) is 2.51. The molecule has 0 aromatic heterocycles. The monoisotopic (exact) mass is 318 g/mol. The van der Waals surface area contributed by atoms with E-state index in [-0.39, 0.29) is 19.0 Å². The topological polar surface area (TPSA) is 35.5 Å². The van der Waals surface area contributed by atoms with Gasteiger partial charge in [0.05, 0.1) is 13.5 Å². The van der Waals surface area contributed by atoms with Gasteiger partial charge >= 0.3 is 5.97 Å². The van der Waals surface area contributed by atoms with Gasteiger partial charge in [0.2, 0.25) is 0 Å². The minimum atomic E-state index is -0.291. The highest BCUT2D eigenvalue weighted by Crippen LogP contribution is 2.22. The number of carbonyl (C=O) groups excluding carboxylic acids is 1. The highest BCUT2D eigenvalue weighted by Gasteiger charge is 2.10. The first kappa shape index (κ1) is 16.4. The largest absolute Gasteiger partial charge is 0.497 e. The van der Waals surface area contributed by atoms with E-state index in [1.165, 1.54) is 0 Å². The fourth-order valence-corrected chi connectivity index (χ4v) is 2.35. The molecular weight excluding hydrogens is 300 g/mol. The molecule has 22 heavy (non-hydrogen) atoms. The molecule has 116 valence electrons. The lowest BCUT2D eigenvalue weighted by Crippen LogP contribution is -2.08. The van der Waals surface area contributed by atoms with Gasteiger partial charge in [0.25, 0.3) is 0 Å². The normalized spacial score (nSPS) is 10.4. The van der Waals surface area contributed by atoms with Gasteiger partial charge in [-0.05, 0) is 54.3 Å². The number of carbonyl (C=O) groups is 1. The summed E-state index contributed by atoms with van der Waals surface area (Å²) in [6, 6.07) is 11.2. The molecule has 0 aliphatic carbocycles. The van der Waals surface area contributed by atoms with Crippen LogP contribution in [0.25, 0.3) is 0 Å². The van der Waals surface area contributed by atoms with Gasteiger partial charge in [-0.3, -0.25) is 4.79 Å². The van der Waals surface area contributed by atoms with E-state index in [1.54, 1.807) is 7.11 Å². The van der Waals surface area contributed by atoms with Crippen molar-refractivity contribution in [3.8, 4) is 5.75 Å². The molecule has 0 heterocycles. The Morgan fingerprint density at radius 1 is 1.09 bits per heavy atom. The van der Waals surface area contributed by atoms with Crippen molar-refractivity contribution in [1.29, 1.82) is 0 Å². The van der Waals surface area contributed by atoms with E-state index in [4.69, 9.17) is 21.1 Å². The number of aryl methyl sites for hydroxylation is 2. The van der Waals surface area contributed by atoms with Crippen LogP contribution in [0.15, 0.2) is 36.4 Å². The number of halogens is 1. The highest BCUT2D eigenvalue weighted by molar-refractivity contribution is 6.31. The molecule has 0 atom stereocenters. The molecule has 0 aliphatic heterocycles. The Labute approximate surface area is 135 Å². The number of benzene rings is 2. The maximum absolute atomic E-state index is 12.0. The Bertz CT molecular complexity index is 663. The smallest absolute Gasteiger partial charge is 0.310 e. The summed E-state index contributed by atoms with van der Waals surface area (Å²) in [5.41, 5.74) is 3.94. The summed E-state index contributed by atoms with van der Waals surface area (Å²) in [6.07, 6.45) is 0.177. The van der Waals surface area contributed by atoms with Crippen LogP contribution < -0.4 is 4.74 Å². The van der Waals surface area contributed by atoms with Crippen LogP contribution in [0.5, 0.6) is 5.75 Å². The maximum atomic E-state index is 12.0. The molecule has 0 fully saturated rings. The molecule has 0 aliphatic rings. The number of methoxy groups -OCH3 is 1. The molecule has 0 amide bonds. The highest BCUT2D eigenvalue weighted by atomic mass is 35.5. The second-order valence-corrected chi connectivity index (χ2v) is 5.62. The molecule has 0 bridgehead atoms. The summed E-state index contributed by atoms with van der Waals surface area (Å²) in [4.78, 5) is 12.0. The van der Waals surface area contributed by atoms with E-state index in [0.29, 0.717) is 5.02 Å². The van der Waals surface area contributed by atoms with E-state index in [0.717, 1.165) is 28.0 Å². The Morgan fingerprint density at radius 2 is 1.73 bits per heavy atom. The number of hydrogen-bond acceptors (Lipinski definition) is 3. The third-order valence-electron chi connectivity index (χ3n) is 3.56. The quantitative estimate of drug-likeness (QED) is 0.773. The summed E-state index contributed by atoms with van der Waals surface area (Å²) in [7, 11) is 1.61. The first-order valence-electron chi connectivity index (χ1n) is 7.04. The maximum Gasteiger partial charge on any atom is 0.310 e. The molecule has 3 nitrogen and oxygen atoms in total. The number of esters is 1. The van der Waals surface area contributed by atoms with Crippen LogP contribution in [0.3, 0.4) is 0 Å². The predicted octanol–water partition coefficient (Wildman–Crippen LogP) is 4.25. The molecule has 0 spiro atoms. The van der Waals surface area contributed by atoms with E-state index in [9.17, 15) is 4.79 Å². The number of rotatable bonds is 5. The summed E-state index contributed by atoms with van der Waals surface area (Å²) in [5.74, 6) is 0.484. The summed E-state index contributed by atoms with van der Waals surface area (Å²) in [6.45, 7) is 4.23. The molecule has 4 heteroatoms. The van der Waals surface area contributed by atoms with Crippen molar-refractivity contribution in [2.45, 2.75) is 26.9 Å². The molecule has 0 N–H and O–H groups in total. The van der Waals surface area contributed by atoms with Crippen molar-refractivity contribution >= 4 is 17.6 Å². The molecular formula is C18H19ClO3. The van der Waals surface area contributed by atoms with Crippen molar-refractivity contribution in [1.82, 2.24) is 0 Å². The second-order valence-electron chi connectivity index (χ2n) is 5.21. The van der Waals surface area contributed by atoms with Crippen LogP contribution in [-0.4, -0.2) is 13.1 Å². The average molecular weight is 319 g/mol. The zero-order chi connectivity index (χ0) is 16.1. The van der Waals surface area contributed by atoms with Crippen LogP contribution >= 0.6 is 11.6 Å². The van der Waals surface area contributed by atoms with Gasteiger partial charge in [0.1, 0.15) is 12.4 Å². The van der Waals surface area contributed by atoms with Gasteiger partial charge < -0.3 is 9.47 Å². The van der Waals surface area contributed by atoms with Crippen LogP contribution in [0.2, 0.25) is 5.02 Å². The predicted molar refractivity (Wildman–Crippen MR) is 87.4 cm³/mol. The fraction of sp³-hybridized carbons (Fsp3) is 0.278. The van der Waals surface area contributed by atoms with Crippen LogP contribution in [-0.2, 0) is 22.6 Å². The van der Waals surface area contributed by atoms with Crippen molar-refractivity contribution < 1.29 is 14.3 Å². The standard InChI is InChI=1S/C18H19ClO3/c1-12-8-15(17(19)9-13(12)2)10-18(20)22-11-14-4-6-16(21-3)7-5-14/h4-9H,10-11H2,1-3H3.